The molecule has 124 valence electrons. The van der Waals surface area contributed by atoms with Crippen molar-refractivity contribution in [3.05, 3.63) is 65.0 Å². The van der Waals surface area contributed by atoms with Gasteiger partial charge in [-0.25, -0.2) is 4.39 Å². The van der Waals surface area contributed by atoms with E-state index in [0.29, 0.717) is 22.9 Å². The molecule has 24 heavy (non-hydrogen) atoms. The summed E-state index contributed by atoms with van der Waals surface area (Å²) < 4.78 is 16.0. The lowest BCUT2D eigenvalue weighted by Crippen LogP contribution is -2.18. The number of nitrogens with zero attached hydrogens (tertiary/aromatic N) is 4. The van der Waals surface area contributed by atoms with E-state index in [1.165, 1.54) is 16.8 Å². The number of carbonyl (C=O) groups is 1. The zero-order chi connectivity index (χ0) is 17.1. The molecule has 0 saturated heterocycles. The molecular formula is C16H15ClFN5O. The summed E-state index contributed by atoms with van der Waals surface area (Å²) in [7, 11) is 0. The Bertz CT molecular complexity index is 836. The summed E-state index contributed by atoms with van der Waals surface area (Å²) in [5.41, 5.74) is 2.17. The molecule has 0 unspecified atom stereocenters. The summed E-state index contributed by atoms with van der Waals surface area (Å²) >= 11 is 5.91. The third-order valence-electron chi connectivity index (χ3n) is 3.37. The van der Waals surface area contributed by atoms with Gasteiger partial charge in [0, 0.05) is 12.4 Å². The van der Waals surface area contributed by atoms with E-state index in [1.807, 2.05) is 0 Å². The molecule has 2 aromatic heterocycles. The number of halogens is 2. The largest absolute Gasteiger partial charge is 0.322 e. The van der Waals surface area contributed by atoms with Gasteiger partial charge in [0.25, 0.3) is 0 Å². The summed E-state index contributed by atoms with van der Waals surface area (Å²) in [6, 6.07) is 6.19. The third-order valence-corrected chi connectivity index (χ3v) is 3.74. The molecule has 3 aromatic rings. The molecule has 1 N–H and O–H groups in total. The predicted molar refractivity (Wildman–Crippen MR) is 88.3 cm³/mol. The van der Waals surface area contributed by atoms with Crippen molar-refractivity contribution in [1.82, 2.24) is 19.6 Å². The Morgan fingerprint density at radius 3 is 2.67 bits per heavy atom. The predicted octanol–water partition coefficient (Wildman–Crippen LogP) is 2.87. The number of amides is 1. The minimum Gasteiger partial charge on any atom is -0.322 e. The maximum atomic E-state index is 12.9. The molecule has 6 nitrogen and oxygen atoms in total. The number of aromatic nitrogens is 4. The van der Waals surface area contributed by atoms with Gasteiger partial charge in [-0.05, 0) is 24.6 Å². The van der Waals surface area contributed by atoms with Crippen LogP contribution in [-0.2, 0) is 17.9 Å². The highest BCUT2D eigenvalue weighted by atomic mass is 35.5. The van der Waals surface area contributed by atoms with Crippen LogP contribution >= 0.6 is 11.6 Å². The highest BCUT2D eigenvalue weighted by molar-refractivity contribution is 6.31. The fourth-order valence-corrected chi connectivity index (χ4v) is 2.36. The van der Waals surface area contributed by atoms with Crippen LogP contribution in [0.3, 0.4) is 0 Å². The highest BCUT2D eigenvalue weighted by Crippen LogP contribution is 2.12. The molecule has 2 heterocycles. The van der Waals surface area contributed by atoms with Crippen LogP contribution in [0.2, 0.25) is 5.02 Å². The van der Waals surface area contributed by atoms with Crippen LogP contribution in [0.5, 0.6) is 0 Å². The summed E-state index contributed by atoms with van der Waals surface area (Å²) in [6.45, 7) is 2.33. The van der Waals surface area contributed by atoms with Crippen molar-refractivity contribution >= 4 is 23.2 Å². The second-order valence-electron chi connectivity index (χ2n) is 5.36. The fourth-order valence-electron chi connectivity index (χ4n) is 2.21. The van der Waals surface area contributed by atoms with Gasteiger partial charge in [0.1, 0.15) is 12.4 Å². The minimum absolute atomic E-state index is 0.0662. The summed E-state index contributed by atoms with van der Waals surface area (Å²) in [5, 5.41) is 11.6. The average Bonchev–Trinajstić information content (AvgIpc) is 3.08. The number of hydrogen-bond acceptors (Lipinski definition) is 3. The van der Waals surface area contributed by atoms with Crippen molar-refractivity contribution in [3.8, 4) is 0 Å². The van der Waals surface area contributed by atoms with Crippen molar-refractivity contribution < 1.29 is 9.18 Å². The van der Waals surface area contributed by atoms with Gasteiger partial charge >= 0.3 is 0 Å². The average molecular weight is 348 g/mol. The van der Waals surface area contributed by atoms with Crippen molar-refractivity contribution in [2.24, 2.45) is 0 Å². The van der Waals surface area contributed by atoms with Crippen LogP contribution < -0.4 is 5.32 Å². The van der Waals surface area contributed by atoms with E-state index in [4.69, 9.17) is 11.6 Å². The van der Waals surface area contributed by atoms with Crippen LogP contribution in [0.25, 0.3) is 0 Å². The quantitative estimate of drug-likeness (QED) is 0.771. The molecule has 0 atom stereocenters. The molecule has 0 aliphatic heterocycles. The van der Waals surface area contributed by atoms with Crippen LogP contribution in [0.15, 0.2) is 42.9 Å². The van der Waals surface area contributed by atoms with E-state index in [9.17, 15) is 9.18 Å². The molecule has 0 spiro atoms. The lowest BCUT2D eigenvalue weighted by atomic mass is 10.2. The SMILES string of the molecule is Cc1nn(CC(=O)Nc2cnn(Cc3ccc(F)cc3)c2)cc1Cl. The molecule has 0 saturated carbocycles. The first-order valence-electron chi connectivity index (χ1n) is 7.26. The molecule has 0 aliphatic carbocycles. The Balaban J connectivity index is 1.59. The maximum absolute atomic E-state index is 12.9. The van der Waals surface area contributed by atoms with Crippen LogP contribution in [0.1, 0.15) is 11.3 Å². The molecule has 1 aromatic carbocycles. The maximum Gasteiger partial charge on any atom is 0.246 e. The zero-order valence-electron chi connectivity index (χ0n) is 12.9. The Morgan fingerprint density at radius 1 is 1.25 bits per heavy atom. The number of aryl methyl sites for hydroxylation is 1. The summed E-state index contributed by atoms with van der Waals surface area (Å²) in [4.78, 5) is 12.0. The van der Waals surface area contributed by atoms with Crippen LogP contribution in [0, 0.1) is 12.7 Å². The van der Waals surface area contributed by atoms with Crippen LogP contribution in [-0.4, -0.2) is 25.5 Å². The Morgan fingerprint density at radius 2 is 2.00 bits per heavy atom. The van der Waals surface area contributed by atoms with Crippen LogP contribution in [0.4, 0.5) is 10.1 Å². The first-order chi connectivity index (χ1) is 11.5. The first-order valence-corrected chi connectivity index (χ1v) is 7.64. The van der Waals surface area contributed by atoms with Crippen molar-refractivity contribution in [2.75, 3.05) is 5.32 Å². The normalized spacial score (nSPS) is 10.8. The molecular weight excluding hydrogens is 333 g/mol. The van der Waals surface area contributed by atoms with Gasteiger partial charge in [0.05, 0.1) is 29.1 Å². The topological polar surface area (TPSA) is 64.7 Å². The standard InChI is InChI=1S/C16H15ClFN5O/c1-11-15(17)9-23(21-11)10-16(24)20-14-6-19-22(8-14)7-12-2-4-13(18)5-3-12/h2-6,8-9H,7,10H2,1H3,(H,20,24). The van der Waals surface area contributed by atoms with Gasteiger partial charge in [0.2, 0.25) is 5.91 Å². The third kappa shape index (κ3) is 3.99. The number of hydrogen-bond donors (Lipinski definition) is 1. The molecule has 0 radical (unpaired) electrons. The number of rotatable bonds is 5. The Hall–Kier alpha value is -2.67. The van der Waals surface area contributed by atoms with Crippen molar-refractivity contribution in [2.45, 2.75) is 20.0 Å². The number of anilines is 1. The van der Waals surface area contributed by atoms with Gasteiger partial charge in [-0.3, -0.25) is 14.2 Å². The molecule has 1 amide bonds. The molecule has 8 heteroatoms. The second-order valence-corrected chi connectivity index (χ2v) is 5.77. The Kier molecular flexibility index (Phi) is 4.61. The summed E-state index contributed by atoms with van der Waals surface area (Å²) in [5.74, 6) is -0.503. The van der Waals surface area contributed by atoms with E-state index < -0.39 is 0 Å². The number of benzene rings is 1. The van der Waals surface area contributed by atoms with Gasteiger partial charge in [0.15, 0.2) is 0 Å². The Labute approximate surface area is 142 Å². The van der Waals surface area contributed by atoms with Crippen molar-refractivity contribution in [3.63, 3.8) is 0 Å². The minimum atomic E-state index is -0.277. The van der Waals surface area contributed by atoms with E-state index in [-0.39, 0.29) is 18.3 Å². The molecule has 0 aliphatic rings. The fraction of sp³-hybridized carbons (Fsp3) is 0.188. The monoisotopic (exact) mass is 347 g/mol. The molecule has 3 rings (SSSR count). The zero-order valence-corrected chi connectivity index (χ0v) is 13.7. The second kappa shape index (κ2) is 6.84. The molecule has 0 bridgehead atoms. The van der Waals surface area contributed by atoms with E-state index in [2.05, 4.69) is 15.5 Å². The number of carbonyl (C=O) groups excluding carboxylic acids is 1. The van der Waals surface area contributed by atoms with Gasteiger partial charge in [-0.2, -0.15) is 10.2 Å². The summed E-state index contributed by atoms with van der Waals surface area (Å²) in [6.07, 6.45) is 4.87. The van der Waals surface area contributed by atoms with Gasteiger partial charge < -0.3 is 5.32 Å². The lowest BCUT2D eigenvalue weighted by Gasteiger charge is -2.03. The molecule has 0 fully saturated rings. The highest BCUT2D eigenvalue weighted by Gasteiger charge is 2.08. The van der Waals surface area contributed by atoms with Gasteiger partial charge in [-0.1, -0.05) is 23.7 Å². The van der Waals surface area contributed by atoms with E-state index in [1.54, 1.807) is 42.3 Å². The van der Waals surface area contributed by atoms with Crippen molar-refractivity contribution in [1.29, 1.82) is 0 Å². The smallest absolute Gasteiger partial charge is 0.246 e. The number of nitrogens with one attached hydrogen (secondary N) is 1. The van der Waals surface area contributed by atoms with E-state index in [0.717, 1.165) is 5.56 Å². The lowest BCUT2D eigenvalue weighted by molar-refractivity contribution is -0.116. The first kappa shape index (κ1) is 16.2. The van der Waals surface area contributed by atoms with Gasteiger partial charge in [-0.15, -0.1) is 0 Å². The van der Waals surface area contributed by atoms with E-state index >= 15 is 0 Å².